The van der Waals surface area contributed by atoms with Crippen LogP contribution in [0.3, 0.4) is 0 Å². The van der Waals surface area contributed by atoms with E-state index in [9.17, 15) is 4.79 Å². The summed E-state index contributed by atoms with van der Waals surface area (Å²) in [6.45, 7) is 4.68. The van der Waals surface area contributed by atoms with Crippen LogP contribution in [0.15, 0.2) is 60.7 Å². The lowest BCUT2D eigenvalue weighted by molar-refractivity contribution is 0.104. The van der Waals surface area contributed by atoms with Crippen LogP contribution in [0, 0.1) is 10.5 Å². The van der Waals surface area contributed by atoms with Crippen LogP contribution in [0.5, 0.6) is 11.5 Å². The molecule has 3 nitrogen and oxygen atoms in total. The highest BCUT2D eigenvalue weighted by molar-refractivity contribution is 14.1. The second kappa shape index (κ2) is 11.0. The number of hydrogen-bond acceptors (Lipinski definition) is 3. The van der Waals surface area contributed by atoms with Crippen LogP contribution >= 0.6 is 45.8 Å². The Morgan fingerprint density at radius 3 is 2.45 bits per heavy atom. The summed E-state index contributed by atoms with van der Waals surface area (Å²) in [5, 5.41) is 1.13. The summed E-state index contributed by atoms with van der Waals surface area (Å²) < 4.78 is 12.7. The van der Waals surface area contributed by atoms with Crippen LogP contribution in [0.25, 0.3) is 6.08 Å². The first-order valence-electron chi connectivity index (χ1n) is 9.69. The number of allylic oxidation sites excluding steroid dienone is 1. The van der Waals surface area contributed by atoms with Crippen molar-refractivity contribution in [2.45, 2.75) is 20.5 Å². The summed E-state index contributed by atoms with van der Waals surface area (Å²) in [5.74, 6) is 1.20. The van der Waals surface area contributed by atoms with E-state index >= 15 is 0 Å². The van der Waals surface area contributed by atoms with E-state index in [4.69, 9.17) is 32.7 Å². The molecule has 0 saturated heterocycles. The molecule has 31 heavy (non-hydrogen) atoms. The van der Waals surface area contributed by atoms with E-state index in [1.807, 2.05) is 56.3 Å². The highest BCUT2D eigenvalue weighted by atomic mass is 127. The zero-order valence-corrected chi connectivity index (χ0v) is 20.8. The van der Waals surface area contributed by atoms with Gasteiger partial charge in [0.1, 0.15) is 6.61 Å². The average Bonchev–Trinajstić information content (AvgIpc) is 2.73. The quantitative estimate of drug-likeness (QED) is 0.159. The Morgan fingerprint density at radius 1 is 1.03 bits per heavy atom. The molecule has 6 heteroatoms. The zero-order chi connectivity index (χ0) is 22.4. The number of rotatable bonds is 8. The van der Waals surface area contributed by atoms with E-state index in [1.165, 1.54) is 0 Å². The third-order valence-corrected chi connectivity index (χ3v) is 5.87. The van der Waals surface area contributed by atoms with Gasteiger partial charge in [-0.3, -0.25) is 4.79 Å². The maximum Gasteiger partial charge on any atom is 0.185 e. The molecule has 160 valence electrons. The standard InChI is InChI=1S/C25H21Cl2IO3/c1-3-30-24-13-17(6-11-23(29)18-7-4-16(2)5-8-18)12-22(28)25(24)31-15-19-9-10-20(26)14-21(19)27/h4-14H,3,15H2,1-2H3/b11-6+. The summed E-state index contributed by atoms with van der Waals surface area (Å²) in [6, 6.07) is 16.6. The number of carbonyl (C=O) groups excluding carboxylic acids is 1. The molecule has 0 spiro atoms. The van der Waals surface area contributed by atoms with Crippen molar-refractivity contribution in [3.8, 4) is 11.5 Å². The number of halogens is 3. The fraction of sp³-hybridized carbons (Fsp3) is 0.160. The summed E-state index contributed by atoms with van der Waals surface area (Å²) in [7, 11) is 0. The molecule has 0 aliphatic rings. The van der Waals surface area contributed by atoms with Gasteiger partial charge < -0.3 is 9.47 Å². The first-order chi connectivity index (χ1) is 14.9. The van der Waals surface area contributed by atoms with Crippen LogP contribution in [-0.4, -0.2) is 12.4 Å². The van der Waals surface area contributed by atoms with Gasteiger partial charge in [-0.2, -0.15) is 0 Å². The first kappa shape index (κ1) is 23.6. The van der Waals surface area contributed by atoms with Gasteiger partial charge in [0.2, 0.25) is 0 Å². The van der Waals surface area contributed by atoms with Crippen LogP contribution in [0.4, 0.5) is 0 Å². The molecule has 0 aliphatic heterocycles. The number of ketones is 1. The molecule has 0 heterocycles. The van der Waals surface area contributed by atoms with Gasteiger partial charge in [0.05, 0.1) is 10.2 Å². The molecule has 3 rings (SSSR count). The fourth-order valence-electron chi connectivity index (χ4n) is 2.86. The second-order valence-corrected chi connectivity index (χ2v) is 8.86. The third-order valence-electron chi connectivity index (χ3n) is 4.48. The van der Waals surface area contributed by atoms with Crippen LogP contribution in [-0.2, 0) is 6.61 Å². The van der Waals surface area contributed by atoms with E-state index in [2.05, 4.69) is 22.6 Å². The van der Waals surface area contributed by atoms with Gasteiger partial charge in [-0.05, 0) is 72.3 Å². The number of ether oxygens (including phenoxy) is 2. The molecule has 0 saturated carbocycles. The number of carbonyl (C=O) groups is 1. The molecule has 0 aliphatic carbocycles. The van der Waals surface area contributed by atoms with E-state index in [0.29, 0.717) is 33.7 Å². The van der Waals surface area contributed by atoms with Crippen LogP contribution in [0.2, 0.25) is 10.0 Å². The highest BCUT2D eigenvalue weighted by Crippen LogP contribution is 2.36. The molecule has 3 aromatic carbocycles. The average molecular weight is 567 g/mol. The van der Waals surface area contributed by atoms with Gasteiger partial charge in [-0.1, -0.05) is 65.2 Å². The monoisotopic (exact) mass is 566 g/mol. The van der Waals surface area contributed by atoms with Gasteiger partial charge in [0.25, 0.3) is 0 Å². The Labute approximate surface area is 206 Å². The Kier molecular flexibility index (Phi) is 8.41. The molecule has 0 atom stereocenters. The predicted octanol–water partition coefficient (Wildman–Crippen LogP) is 7.78. The van der Waals surface area contributed by atoms with Crippen molar-refractivity contribution in [1.82, 2.24) is 0 Å². The van der Waals surface area contributed by atoms with E-state index in [1.54, 1.807) is 24.3 Å². The van der Waals surface area contributed by atoms with Crippen molar-refractivity contribution < 1.29 is 14.3 Å². The van der Waals surface area contributed by atoms with Crippen LogP contribution < -0.4 is 9.47 Å². The molecule has 0 radical (unpaired) electrons. The molecular weight excluding hydrogens is 546 g/mol. The minimum Gasteiger partial charge on any atom is -0.490 e. The normalized spacial score (nSPS) is 11.0. The molecule has 0 bridgehead atoms. The molecule has 0 unspecified atom stereocenters. The second-order valence-electron chi connectivity index (χ2n) is 6.85. The molecule has 0 aromatic heterocycles. The smallest absolute Gasteiger partial charge is 0.185 e. The lowest BCUT2D eigenvalue weighted by atomic mass is 10.1. The van der Waals surface area contributed by atoms with Gasteiger partial charge in [-0.25, -0.2) is 0 Å². The Bertz CT molecular complexity index is 1110. The van der Waals surface area contributed by atoms with Crippen molar-refractivity contribution in [2.24, 2.45) is 0 Å². The fourth-order valence-corrected chi connectivity index (χ4v) is 4.11. The van der Waals surface area contributed by atoms with Gasteiger partial charge in [0.15, 0.2) is 17.3 Å². The summed E-state index contributed by atoms with van der Waals surface area (Å²) in [5.41, 5.74) is 3.45. The van der Waals surface area contributed by atoms with Crippen molar-refractivity contribution in [2.75, 3.05) is 6.61 Å². The summed E-state index contributed by atoms with van der Waals surface area (Å²) in [4.78, 5) is 12.4. The summed E-state index contributed by atoms with van der Waals surface area (Å²) in [6.07, 6.45) is 3.35. The molecule has 3 aromatic rings. The zero-order valence-electron chi connectivity index (χ0n) is 17.1. The maximum absolute atomic E-state index is 12.4. The lowest BCUT2D eigenvalue weighted by Crippen LogP contribution is -2.02. The van der Waals surface area contributed by atoms with Gasteiger partial charge in [-0.15, -0.1) is 0 Å². The van der Waals surface area contributed by atoms with E-state index < -0.39 is 0 Å². The molecule has 0 N–H and O–H groups in total. The van der Waals surface area contributed by atoms with Crippen molar-refractivity contribution in [1.29, 1.82) is 0 Å². The van der Waals surface area contributed by atoms with E-state index in [0.717, 1.165) is 20.3 Å². The minimum atomic E-state index is -0.0503. The third kappa shape index (κ3) is 6.48. The number of aryl methyl sites for hydroxylation is 1. The Morgan fingerprint density at radius 2 is 1.77 bits per heavy atom. The highest BCUT2D eigenvalue weighted by Gasteiger charge is 2.13. The minimum absolute atomic E-state index is 0.0503. The molecular formula is C25H21Cl2IO3. The van der Waals surface area contributed by atoms with Gasteiger partial charge in [0, 0.05) is 21.2 Å². The number of benzene rings is 3. The van der Waals surface area contributed by atoms with Crippen LogP contribution in [0.1, 0.15) is 34.0 Å². The SMILES string of the molecule is CCOc1cc(/C=C/C(=O)c2ccc(C)cc2)cc(I)c1OCc1ccc(Cl)cc1Cl. The maximum atomic E-state index is 12.4. The Balaban J connectivity index is 1.80. The largest absolute Gasteiger partial charge is 0.490 e. The molecule has 0 fully saturated rings. The topological polar surface area (TPSA) is 35.5 Å². The van der Waals surface area contributed by atoms with Crippen molar-refractivity contribution >= 4 is 57.7 Å². The Hall–Kier alpha value is -2.02. The number of hydrogen-bond donors (Lipinski definition) is 0. The predicted molar refractivity (Wildman–Crippen MR) is 136 cm³/mol. The van der Waals surface area contributed by atoms with Crippen molar-refractivity contribution in [3.05, 3.63) is 96.5 Å². The molecule has 0 amide bonds. The lowest BCUT2D eigenvalue weighted by Gasteiger charge is -2.15. The van der Waals surface area contributed by atoms with Crippen molar-refractivity contribution in [3.63, 3.8) is 0 Å². The summed E-state index contributed by atoms with van der Waals surface area (Å²) >= 11 is 14.4. The first-order valence-corrected chi connectivity index (χ1v) is 11.5. The van der Waals surface area contributed by atoms with E-state index in [-0.39, 0.29) is 12.4 Å². The van der Waals surface area contributed by atoms with Gasteiger partial charge >= 0.3 is 0 Å².